The number of nitrogens with zero attached hydrogens (tertiary/aromatic N) is 1. The van der Waals surface area contributed by atoms with Crippen LogP contribution in [0.1, 0.15) is 28.2 Å². The van der Waals surface area contributed by atoms with Crippen LogP contribution in [0, 0.1) is 5.82 Å². The zero-order chi connectivity index (χ0) is 13.8. The standard InChI is InChI=1S/C13H13FN2O2S/c1-8(9-4-3-5-10(14)6-9)16-13-15-7-11(19-13)12(17)18-2/h3-8H,1-2H3,(H,15,16). The second kappa shape index (κ2) is 5.79. The second-order valence-corrected chi connectivity index (χ2v) is 4.97. The molecule has 1 atom stereocenters. The van der Waals surface area contributed by atoms with Crippen molar-refractivity contribution in [3.8, 4) is 0 Å². The molecule has 1 aromatic heterocycles. The van der Waals surface area contributed by atoms with Gasteiger partial charge < -0.3 is 10.1 Å². The lowest BCUT2D eigenvalue weighted by Crippen LogP contribution is -2.06. The highest BCUT2D eigenvalue weighted by Crippen LogP contribution is 2.24. The van der Waals surface area contributed by atoms with Crippen LogP contribution in [-0.4, -0.2) is 18.1 Å². The van der Waals surface area contributed by atoms with Gasteiger partial charge in [0, 0.05) is 0 Å². The molecule has 0 aliphatic heterocycles. The number of halogens is 1. The van der Waals surface area contributed by atoms with E-state index in [1.807, 2.05) is 13.0 Å². The zero-order valence-electron chi connectivity index (χ0n) is 10.5. The number of methoxy groups -OCH3 is 1. The fourth-order valence-electron chi connectivity index (χ4n) is 1.58. The minimum atomic E-state index is -0.413. The average Bonchev–Trinajstić information content (AvgIpc) is 2.86. The number of hydrogen-bond acceptors (Lipinski definition) is 5. The molecule has 2 rings (SSSR count). The van der Waals surface area contributed by atoms with E-state index in [1.54, 1.807) is 6.07 Å². The van der Waals surface area contributed by atoms with Crippen LogP contribution in [0.2, 0.25) is 0 Å². The van der Waals surface area contributed by atoms with Gasteiger partial charge >= 0.3 is 5.97 Å². The van der Waals surface area contributed by atoms with Crippen molar-refractivity contribution in [1.29, 1.82) is 0 Å². The van der Waals surface area contributed by atoms with Crippen LogP contribution in [0.3, 0.4) is 0 Å². The van der Waals surface area contributed by atoms with Gasteiger partial charge in [-0.05, 0) is 24.6 Å². The van der Waals surface area contributed by atoms with Gasteiger partial charge in [-0.2, -0.15) is 0 Å². The molecule has 0 spiro atoms. The van der Waals surface area contributed by atoms with E-state index < -0.39 is 5.97 Å². The third kappa shape index (κ3) is 3.29. The number of carbonyl (C=O) groups excluding carboxylic acids is 1. The van der Waals surface area contributed by atoms with Gasteiger partial charge in [0.05, 0.1) is 19.3 Å². The minimum Gasteiger partial charge on any atom is -0.465 e. The van der Waals surface area contributed by atoms with Crippen molar-refractivity contribution in [2.24, 2.45) is 0 Å². The normalized spacial score (nSPS) is 11.9. The SMILES string of the molecule is COC(=O)c1cnc(NC(C)c2cccc(F)c2)s1. The summed E-state index contributed by atoms with van der Waals surface area (Å²) in [5.41, 5.74) is 0.815. The molecule has 0 saturated heterocycles. The van der Waals surface area contributed by atoms with Gasteiger partial charge in [-0.15, -0.1) is 0 Å². The van der Waals surface area contributed by atoms with Crippen molar-refractivity contribution >= 4 is 22.4 Å². The molecule has 0 aliphatic rings. The summed E-state index contributed by atoms with van der Waals surface area (Å²) in [5, 5.41) is 3.71. The highest BCUT2D eigenvalue weighted by molar-refractivity contribution is 7.17. The van der Waals surface area contributed by atoms with Gasteiger partial charge in [-0.3, -0.25) is 0 Å². The molecule has 0 amide bonds. The summed E-state index contributed by atoms with van der Waals surface area (Å²) in [7, 11) is 1.32. The van der Waals surface area contributed by atoms with E-state index in [0.29, 0.717) is 10.0 Å². The lowest BCUT2D eigenvalue weighted by Gasteiger charge is -2.13. The maximum Gasteiger partial charge on any atom is 0.349 e. The number of aromatic nitrogens is 1. The molecule has 100 valence electrons. The Labute approximate surface area is 114 Å². The molecule has 0 fully saturated rings. The Morgan fingerprint density at radius 1 is 1.53 bits per heavy atom. The first-order valence-electron chi connectivity index (χ1n) is 5.66. The Morgan fingerprint density at radius 2 is 2.32 bits per heavy atom. The van der Waals surface area contributed by atoms with Crippen LogP contribution >= 0.6 is 11.3 Å². The van der Waals surface area contributed by atoms with Crippen LogP contribution in [0.4, 0.5) is 9.52 Å². The first-order chi connectivity index (χ1) is 9.10. The molecule has 0 radical (unpaired) electrons. The van der Waals surface area contributed by atoms with E-state index >= 15 is 0 Å². The fourth-order valence-corrected chi connectivity index (χ4v) is 2.40. The molecule has 1 aromatic carbocycles. The molecule has 19 heavy (non-hydrogen) atoms. The molecule has 0 bridgehead atoms. The molecule has 1 N–H and O–H groups in total. The largest absolute Gasteiger partial charge is 0.465 e. The number of rotatable bonds is 4. The number of anilines is 1. The van der Waals surface area contributed by atoms with Crippen molar-refractivity contribution in [1.82, 2.24) is 4.98 Å². The van der Waals surface area contributed by atoms with E-state index in [-0.39, 0.29) is 11.9 Å². The molecular formula is C13H13FN2O2S. The Balaban J connectivity index is 2.08. The highest BCUT2D eigenvalue weighted by atomic mass is 32.1. The van der Waals surface area contributed by atoms with Gasteiger partial charge in [0.2, 0.25) is 0 Å². The first-order valence-corrected chi connectivity index (χ1v) is 6.48. The number of thiazole rings is 1. The Bertz CT molecular complexity index is 586. The maximum atomic E-state index is 13.1. The van der Waals surface area contributed by atoms with Crippen LogP contribution in [0.5, 0.6) is 0 Å². The Hall–Kier alpha value is -1.95. The zero-order valence-corrected chi connectivity index (χ0v) is 11.3. The topological polar surface area (TPSA) is 51.2 Å². The van der Waals surface area contributed by atoms with E-state index in [2.05, 4.69) is 15.0 Å². The van der Waals surface area contributed by atoms with Gasteiger partial charge in [-0.1, -0.05) is 23.5 Å². The van der Waals surface area contributed by atoms with Gasteiger partial charge in [0.15, 0.2) is 5.13 Å². The fraction of sp³-hybridized carbons (Fsp3) is 0.231. The number of esters is 1. The smallest absolute Gasteiger partial charge is 0.349 e. The molecule has 0 saturated carbocycles. The quantitative estimate of drug-likeness (QED) is 0.873. The monoisotopic (exact) mass is 280 g/mol. The predicted octanol–water partition coefficient (Wildman–Crippen LogP) is 3.24. The average molecular weight is 280 g/mol. The molecule has 0 aliphatic carbocycles. The van der Waals surface area contributed by atoms with Crippen LogP contribution < -0.4 is 5.32 Å². The number of benzene rings is 1. The summed E-state index contributed by atoms with van der Waals surface area (Å²) in [4.78, 5) is 15.8. The van der Waals surface area contributed by atoms with Gasteiger partial charge in [0.25, 0.3) is 0 Å². The van der Waals surface area contributed by atoms with Crippen LogP contribution in [0.15, 0.2) is 30.5 Å². The number of ether oxygens (including phenoxy) is 1. The van der Waals surface area contributed by atoms with Crippen LogP contribution in [-0.2, 0) is 4.74 Å². The van der Waals surface area contributed by atoms with E-state index in [1.165, 1.54) is 36.8 Å². The van der Waals surface area contributed by atoms with E-state index in [0.717, 1.165) is 5.56 Å². The molecule has 1 heterocycles. The van der Waals surface area contributed by atoms with Crippen LogP contribution in [0.25, 0.3) is 0 Å². The summed E-state index contributed by atoms with van der Waals surface area (Å²) in [6.07, 6.45) is 1.46. The highest BCUT2D eigenvalue weighted by Gasteiger charge is 2.13. The second-order valence-electron chi connectivity index (χ2n) is 3.94. The third-order valence-electron chi connectivity index (χ3n) is 2.58. The summed E-state index contributed by atoms with van der Waals surface area (Å²) in [5.74, 6) is -0.690. The summed E-state index contributed by atoms with van der Waals surface area (Å²) in [6, 6.07) is 6.24. The van der Waals surface area contributed by atoms with Crippen molar-refractivity contribution in [3.05, 3.63) is 46.7 Å². The van der Waals surface area contributed by atoms with Crippen molar-refractivity contribution < 1.29 is 13.9 Å². The summed E-state index contributed by atoms with van der Waals surface area (Å²) < 4.78 is 17.7. The van der Waals surface area contributed by atoms with Crippen molar-refractivity contribution in [2.75, 3.05) is 12.4 Å². The lowest BCUT2D eigenvalue weighted by atomic mass is 10.1. The Morgan fingerprint density at radius 3 is 3.00 bits per heavy atom. The van der Waals surface area contributed by atoms with Gasteiger partial charge in [-0.25, -0.2) is 14.2 Å². The van der Waals surface area contributed by atoms with Crippen molar-refractivity contribution in [3.63, 3.8) is 0 Å². The Kier molecular flexibility index (Phi) is 4.11. The maximum absolute atomic E-state index is 13.1. The molecule has 1 unspecified atom stereocenters. The first kappa shape index (κ1) is 13.5. The van der Waals surface area contributed by atoms with E-state index in [9.17, 15) is 9.18 Å². The number of carbonyl (C=O) groups is 1. The number of hydrogen-bond donors (Lipinski definition) is 1. The lowest BCUT2D eigenvalue weighted by molar-refractivity contribution is 0.0606. The molecule has 2 aromatic rings. The van der Waals surface area contributed by atoms with Crippen molar-refractivity contribution in [2.45, 2.75) is 13.0 Å². The summed E-state index contributed by atoms with van der Waals surface area (Å²) in [6.45, 7) is 1.90. The number of nitrogens with one attached hydrogen (secondary N) is 1. The predicted molar refractivity (Wildman–Crippen MR) is 71.9 cm³/mol. The molecule has 6 heteroatoms. The molecule has 4 nitrogen and oxygen atoms in total. The third-order valence-corrected chi connectivity index (χ3v) is 3.49. The molecular weight excluding hydrogens is 267 g/mol. The van der Waals surface area contributed by atoms with E-state index in [4.69, 9.17) is 0 Å². The summed E-state index contributed by atoms with van der Waals surface area (Å²) >= 11 is 1.20. The minimum absolute atomic E-state index is 0.104. The van der Waals surface area contributed by atoms with Gasteiger partial charge in [0.1, 0.15) is 10.7 Å².